The standard InChI is InChI=1S/C15H18Cl2O/c1-2-10-6-3-4-7-11(10)15(18)12-8-5-9-13(16)14(12)17/h5,8-11H,2-4,6-7H2,1H3. The summed E-state index contributed by atoms with van der Waals surface area (Å²) in [6.45, 7) is 2.16. The van der Waals surface area contributed by atoms with Gasteiger partial charge in [-0.15, -0.1) is 0 Å². The van der Waals surface area contributed by atoms with E-state index >= 15 is 0 Å². The fourth-order valence-electron chi connectivity index (χ4n) is 2.94. The van der Waals surface area contributed by atoms with Crippen molar-refractivity contribution in [2.24, 2.45) is 11.8 Å². The van der Waals surface area contributed by atoms with E-state index in [2.05, 4.69) is 6.92 Å². The fraction of sp³-hybridized carbons (Fsp3) is 0.533. The van der Waals surface area contributed by atoms with Crippen LogP contribution in [0.15, 0.2) is 18.2 Å². The summed E-state index contributed by atoms with van der Waals surface area (Å²) in [6, 6.07) is 5.31. The SMILES string of the molecule is CCC1CCCCC1C(=O)c1cccc(Cl)c1Cl. The first-order valence-corrected chi connectivity index (χ1v) is 7.39. The summed E-state index contributed by atoms with van der Waals surface area (Å²) in [5.74, 6) is 0.801. The third-order valence-electron chi connectivity index (χ3n) is 3.99. The van der Waals surface area contributed by atoms with Gasteiger partial charge < -0.3 is 0 Å². The van der Waals surface area contributed by atoms with Crippen LogP contribution < -0.4 is 0 Å². The van der Waals surface area contributed by atoms with Crippen LogP contribution in [0.5, 0.6) is 0 Å². The molecule has 2 atom stereocenters. The minimum atomic E-state index is 0.125. The lowest BCUT2D eigenvalue weighted by Crippen LogP contribution is -2.27. The number of carbonyl (C=O) groups is 1. The van der Waals surface area contributed by atoms with Gasteiger partial charge in [0.25, 0.3) is 0 Å². The van der Waals surface area contributed by atoms with Crippen molar-refractivity contribution in [1.29, 1.82) is 0 Å². The van der Waals surface area contributed by atoms with Gasteiger partial charge in [-0.1, -0.05) is 55.5 Å². The molecule has 0 bridgehead atoms. The van der Waals surface area contributed by atoms with Crippen LogP contribution in [0, 0.1) is 11.8 Å². The molecule has 1 aliphatic carbocycles. The van der Waals surface area contributed by atoms with Crippen molar-refractivity contribution in [3.63, 3.8) is 0 Å². The molecule has 2 rings (SSSR count). The molecule has 0 aliphatic heterocycles. The Bertz CT molecular complexity index is 442. The molecular formula is C15H18Cl2O. The molecule has 3 heteroatoms. The van der Waals surface area contributed by atoms with Gasteiger partial charge in [-0.3, -0.25) is 4.79 Å². The van der Waals surface area contributed by atoms with Gasteiger partial charge in [-0.2, -0.15) is 0 Å². The Balaban J connectivity index is 2.27. The van der Waals surface area contributed by atoms with Crippen LogP contribution in [0.25, 0.3) is 0 Å². The zero-order valence-corrected chi connectivity index (χ0v) is 12.1. The van der Waals surface area contributed by atoms with E-state index in [0.29, 0.717) is 21.5 Å². The van der Waals surface area contributed by atoms with Crippen molar-refractivity contribution in [1.82, 2.24) is 0 Å². The van der Waals surface area contributed by atoms with E-state index in [0.717, 1.165) is 25.7 Å². The Morgan fingerprint density at radius 2 is 2.00 bits per heavy atom. The first-order valence-electron chi connectivity index (χ1n) is 6.63. The van der Waals surface area contributed by atoms with Crippen molar-refractivity contribution in [3.8, 4) is 0 Å². The second-order valence-corrected chi connectivity index (χ2v) is 5.81. The quantitative estimate of drug-likeness (QED) is 0.680. The molecule has 2 unspecified atom stereocenters. The summed E-state index contributed by atoms with van der Waals surface area (Å²) >= 11 is 12.1. The van der Waals surface area contributed by atoms with Gasteiger partial charge >= 0.3 is 0 Å². The maximum absolute atomic E-state index is 12.6. The summed E-state index contributed by atoms with van der Waals surface area (Å²) < 4.78 is 0. The lowest BCUT2D eigenvalue weighted by Gasteiger charge is -2.29. The number of hydrogen-bond acceptors (Lipinski definition) is 1. The predicted molar refractivity (Wildman–Crippen MR) is 76.5 cm³/mol. The van der Waals surface area contributed by atoms with Gasteiger partial charge in [0.05, 0.1) is 10.0 Å². The highest BCUT2D eigenvalue weighted by Gasteiger charge is 2.31. The average Bonchev–Trinajstić information content (AvgIpc) is 2.41. The topological polar surface area (TPSA) is 17.1 Å². The summed E-state index contributed by atoms with van der Waals surface area (Å²) in [5, 5.41) is 0.871. The molecular weight excluding hydrogens is 267 g/mol. The van der Waals surface area contributed by atoms with E-state index in [-0.39, 0.29) is 11.7 Å². The summed E-state index contributed by atoms with van der Waals surface area (Å²) in [7, 11) is 0. The monoisotopic (exact) mass is 284 g/mol. The summed E-state index contributed by atoms with van der Waals surface area (Å²) in [4.78, 5) is 12.6. The van der Waals surface area contributed by atoms with Gasteiger partial charge in [0.1, 0.15) is 0 Å². The minimum Gasteiger partial charge on any atom is -0.294 e. The normalized spacial score (nSPS) is 23.9. The number of carbonyl (C=O) groups excluding carboxylic acids is 1. The molecule has 1 aromatic rings. The maximum atomic E-state index is 12.6. The maximum Gasteiger partial charge on any atom is 0.167 e. The first kappa shape index (κ1) is 13.9. The molecule has 0 N–H and O–H groups in total. The fourth-order valence-corrected chi connectivity index (χ4v) is 3.33. The van der Waals surface area contributed by atoms with E-state index in [1.165, 1.54) is 6.42 Å². The predicted octanol–water partition coefficient (Wildman–Crippen LogP) is 5.39. The third kappa shape index (κ3) is 2.73. The molecule has 0 amide bonds. The van der Waals surface area contributed by atoms with Crippen LogP contribution in [0.4, 0.5) is 0 Å². The van der Waals surface area contributed by atoms with Crippen LogP contribution in [0.1, 0.15) is 49.4 Å². The highest BCUT2D eigenvalue weighted by Crippen LogP contribution is 2.36. The lowest BCUT2D eigenvalue weighted by molar-refractivity contribution is 0.0820. The molecule has 98 valence electrons. The molecule has 1 nitrogen and oxygen atoms in total. The molecule has 0 spiro atoms. The number of halogens is 2. The van der Waals surface area contributed by atoms with Gasteiger partial charge in [0.15, 0.2) is 5.78 Å². The third-order valence-corrected chi connectivity index (χ3v) is 4.81. The summed E-state index contributed by atoms with van der Waals surface area (Å²) in [6.07, 6.45) is 5.59. The van der Waals surface area contributed by atoms with Crippen molar-refractivity contribution in [2.75, 3.05) is 0 Å². The van der Waals surface area contributed by atoms with Crippen molar-refractivity contribution < 1.29 is 4.79 Å². The van der Waals surface area contributed by atoms with Crippen LogP contribution in [0.2, 0.25) is 10.0 Å². The van der Waals surface area contributed by atoms with Crippen LogP contribution in [-0.2, 0) is 0 Å². The van der Waals surface area contributed by atoms with Crippen LogP contribution in [0.3, 0.4) is 0 Å². The average molecular weight is 285 g/mol. The van der Waals surface area contributed by atoms with Crippen molar-refractivity contribution in [2.45, 2.75) is 39.0 Å². The number of Topliss-reactive ketones (excluding diaryl/α,β-unsaturated/α-hetero) is 1. The zero-order valence-electron chi connectivity index (χ0n) is 10.6. The molecule has 1 aromatic carbocycles. The molecule has 1 aliphatic rings. The van der Waals surface area contributed by atoms with Crippen LogP contribution in [-0.4, -0.2) is 5.78 Å². The molecule has 1 fully saturated rings. The number of ketones is 1. The molecule has 0 radical (unpaired) electrons. The molecule has 0 aromatic heterocycles. The Morgan fingerprint density at radius 3 is 2.72 bits per heavy atom. The largest absolute Gasteiger partial charge is 0.294 e. The second kappa shape index (κ2) is 6.08. The smallest absolute Gasteiger partial charge is 0.167 e. The highest BCUT2D eigenvalue weighted by atomic mass is 35.5. The summed E-state index contributed by atoms with van der Waals surface area (Å²) in [5.41, 5.74) is 0.592. The molecule has 1 saturated carbocycles. The zero-order chi connectivity index (χ0) is 13.1. The van der Waals surface area contributed by atoms with Crippen molar-refractivity contribution in [3.05, 3.63) is 33.8 Å². The number of hydrogen-bond donors (Lipinski definition) is 0. The number of rotatable bonds is 3. The van der Waals surface area contributed by atoms with Gasteiger partial charge in [-0.25, -0.2) is 0 Å². The van der Waals surface area contributed by atoms with E-state index in [4.69, 9.17) is 23.2 Å². The van der Waals surface area contributed by atoms with E-state index in [9.17, 15) is 4.79 Å². The Hall–Kier alpha value is -0.530. The minimum absolute atomic E-state index is 0.125. The first-order chi connectivity index (χ1) is 8.65. The Morgan fingerprint density at radius 1 is 1.28 bits per heavy atom. The van der Waals surface area contributed by atoms with Gasteiger partial charge in [0, 0.05) is 11.5 Å². The van der Waals surface area contributed by atoms with E-state index in [1.54, 1.807) is 18.2 Å². The Kier molecular flexibility index (Phi) is 4.69. The highest BCUT2D eigenvalue weighted by molar-refractivity contribution is 6.43. The number of benzene rings is 1. The molecule has 0 saturated heterocycles. The lowest BCUT2D eigenvalue weighted by atomic mass is 9.74. The Labute approximate surface area is 118 Å². The second-order valence-electron chi connectivity index (χ2n) is 5.02. The van der Waals surface area contributed by atoms with Gasteiger partial charge in [-0.05, 0) is 30.9 Å². The van der Waals surface area contributed by atoms with E-state index < -0.39 is 0 Å². The molecule has 18 heavy (non-hydrogen) atoms. The van der Waals surface area contributed by atoms with Crippen LogP contribution >= 0.6 is 23.2 Å². The molecule has 0 heterocycles. The van der Waals surface area contributed by atoms with Gasteiger partial charge in [0.2, 0.25) is 0 Å². The van der Waals surface area contributed by atoms with E-state index in [1.807, 2.05) is 0 Å². The van der Waals surface area contributed by atoms with Crippen molar-refractivity contribution >= 4 is 29.0 Å².